The van der Waals surface area contributed by atoms with E-state index in [9.17, 15) is 8.78 Å². The van der Waals surface area contributed by atoms with E-state index in [1.54, 1.807) is 11.8 Å². The van der Waals surface area contributed by atoms with Crippen molar-refractivity contribution in [2.75, 3.05) is 19.0 Å². The Balaban J connectivity index is 2.13. The standard InChI is InChI=1S/C14H15F2NOS/c1-9-17-14(8-18-5-4-10(14)7-19-9)12-3-2-11(15)6-13(12)16/h2-3,6,10H,4-5,7-8H2,1H3/t10-,14-/m0/s1. The van der Waals surface area contributed by atoms with Crippen LogP contribution in [0.15, 0.2) is 23.2 Å². The summed E-state index contributed by atoms with van der Waals surface area (Å²) >= 11 is 1.70. The smallest absolute Gasteiger partial charge is 0.131 e. The Labute approximate surface area is 115 Å². The van der Waals surface area contributed by atoms with Crippen LogP contribution >= 0.6 is 11.8 Å². The van der Waals surface area contributed by atoms with E-state index in [2.05, 4.69) is 4.99 Å². The van der Waals surface area contributed by atoms with Gasteiger partial charge < -0.3 is 4.74 Å². The first-order valence-corrected chi connectivity index (χ1v) is 7.33. The van der Waals surface area contributed by atoms with Crippen molar-refractivity contribution in [2.45, 2.75) is 18.9 Å². The molecular weight excluding hydrogens is 268 g/mol. The van der Waals surface area contributed by atoms with Crippen LogP contribution < -0.4 is 0 Å². The molecule has 102 valence electrons. The van der Waals surface area contributed by atoms with Crippen molar-refractivity contribution in [2.24, 2.45) is 10.9 Å². The lowest BCUT2D eigenvalue weighted by atomic mass is 9.76. The third-order valence-electron chi connectivity index (χ3n) is 3.86. The van der Waals surface area contributed by atoms with Gasteiger partial charge in [-0.25, -0.2) is 8.78 Å². The second-order valence-corrected chi connectivity index (χ2v) is 6.24. The highest BCUT2D eigenvalue weighted by Gasteiger charge is 2.46. The predicted molar refractivity (Wildman–Crippen MR) is 72.5 cm³/mol. The lowest BCUT2D eigenvalue weighted by Crippen LogP contribution is -2.46. The van der Waals surface area contributed by atoms with Crippen molar-refractivity contribution >= 4 is 16.8 Å². The zero-order chi connectivity index (χ0) is 13.5. The molecule has 2 heterocycles. The van der Waals surface area contributed by atoms with E-state index in [1.165, 1.54) is 12.1 Å². The highest BCUT2D eigenvalue weighted by atomic mass is 32.2. The second-order valence-electron chi connectivity index (χ2n) is 5.03. The first-order chi connectivity index (χ1) is 9.12. The number of aliphatic imine (C=N–C) groups is 1. The van der Waals surface area contributed by atoms with Crippen LogP contribution in [0.3, 0.4) is 0 Å². The van der Waals surface area contributed by atoms with Crippen molar-refractivity contribution in [3.05, 3.63) is 35.4 Å². The van der Waals surface area contributed by atoms with Gasteiger partial charge in [0.25, 0.3) is 0 Å². The summed E-state index contributed by atoms with van der Waals surface area (Å²) in [5.41, 5.74) is -0.219. The lowest BCUT2D eigenvalue weighted by Gasteiger charge is -2.44. The number of benzene rings is 1. The van der Waals surface area contributed by atoms with Gasteiger partial charge in [0.05, 0.1) is 11.7 Å². The van der Waals surface area contributed by atoms with Gasteiger partial charge in [0.15, 0.2) is 0 Å². The third-order valence-corrected chi connectivity index (χ3v) is 4.93. The van der Waals surface area contributed by atoms with E-state index < -0.39 is 17.2 Å². The number of ether oxygens (including phenoxy) is 1. The Morgan fingerprint density at radius 1 is 1.42 bits per heavy atom. The first kappa shape index (κ1) is 13.1. The zero-order valence-electron chi connectivity index (χ0n) is 10.7. The summed E-state index contributed by atoms with van der Waals surface area (Å²) in [6, 6.07) is 3.74. The van der Waals surface area contributed by atoms with Gasteiger partial charge in [0, 0.05) is 29.9 Å². The van der Waals surface area contributed by atoms with Gasteiger partial charge >= 0.3 is 0 Å². The Bertz CT molecular complexity index is 534. The quantitative estimate of drug-likeness (QED) is 0.788. The highest BCUT2D eigenvalue weighted by Crippen LogP contribution is 2.45. The molecule has 0 aromatic heterocycles. The second kappa shape index (κ2) is 4.87. The van der Waals surface area contributed by atoms with E-state index in [0.717, 1.165) is 23.3 Å². The Morgan fingerprint density at radius 2 is 2.26 bits per heavy atom. The van der Waals surface area contributed by atoms with Crippen LogP contribution in [0.4, 0.5) is 8.78 Å². The molecule has 0 spiro atoms. The van der Waals surface area contributed by atoms with E-state index >= 15 is 0 Å². The molecule has 1 aromatic rings. The van der Waals surface area contributed by atoms with Crippen molar-refractivity contribution in [3.63, 3.8) is 0 Å². The Morgan fingerprint density at radius 3 is 3.05 bits per heavy atom. The molecule has 0 amide bonds. The molecule has 1 saturated heterocycles. The molecule has 1 aromatic carbocycles. The van der Waals surface area contributed by atoms with Crippen molar-refractivity contribution in [1.82, 2.24) is 0 Å². The largest absolute Gasteiger partial charge is 0.379 e. The summed E-state index contributed by atoms with van der Waals surface area (Å²) in [6.45, 7) is 2.99. The summed E-state index contributed by atoms with van der Waals surface area (Å²) in [6.07, 6.45) is 0.862. The molecule has 0 bridgehead atoms. The van der Waals surface area contributed by atoms with E-state index in [1.807, 2.05) is 6.92 Å². The monoisotopic (exact) mass is 283 g/mol. The zero-order valence-corrected chi connectivity index (χ0v) is 11.5. The number of halogens is 2. The van der Waals surface area contributed by atoms with E-state index in [-0.39, 0.29) is 5.92 Å². The minimum Gasteiger partial charge on any atom is -0.379 e. The van der Waals surface area contributed by atoms with Crippen LogP contribution in [-0.4, -0.2) is 24.0 Å². The molecular formula is C14H15F2NOS. The van der Waals surface area contributed by atoms with Gasteiger partial charge in [-0.3, -0.25) is 4.99 Å². The van der Waals surface area contributed by atoms with Crippen molar-refractivity contribution in [3.8, 4) is 0 Å². The van der Waals surface area contributed by atoms with Crippen molar-refractivity contribution < 1.29 is 13.5 Å². The molecule has 1 fully saturated rings. The number of thioether (sulfide) groups is 1. The molecule has 0 aliphatic carbocycles. The predicted octanol–water partition coefficient (Wildman–Crippen LogP) is 3.36. The summed E-state index contributed by atoms with van der Waals surface area (Å²) in [7, 11) is 0. The molecule has 3 rings (SSSR count). The SMILES string of the molecule is CC1=N[C@@]2(c3ccc(F)cc3F)COCC[C@H]2CS1. The third kappa shape index (κ3) is 2.19. The Hall–Kier alpha value is -0.940. The molecule has 2 aliphatic heterocycles. The maximum Gasteiger partial charge on any atom is 0.131 e. The van der Waals surface area contributed by atoms with Crippen LogP contribution in [0.2, 0.25) is 0 Å². The van der Waals surface area contributed by atoms with Gasteiger partial charge in [0.1, 0.15) is 17.2 Å². The molecule has 0 radical (unpaired) electrons. The molecule has 0 saturated carbocycles. The van der Waals surface area contributed by atoms with E-state index in [0.29, 0.717) is 18.8 Å². The number of hydrogen-bond donors (Lipinski definition) is 0. The van der Waals surface area contributed by atoms with Crippen molar-refractivity contribution in [1.29, 1.82) is 0 Å². The molecule has 0 unspecified atom stereocenters. The lowest BCUT2D eigenvalue weighted by molar-refractivity contribution is 0.00300. The average Bonchev–Trinajstić information content (AvgIpc) is 2.38. The fraction of sp³-hybridized carbons (Fsp3) is 0.500. The van der Waals surface area contributed by atoms with Crippen LogP contribution in [-0.2, 0) is 10.3 Å². The molecule has 2 aliphatic rings. The normalized spacial score (nSPS) is 30.7. The summed E-state index contributed by atoms with van der Waals surface area (Å²) < 4.78 is 32.8. The summed E-state index contributed by atoms with van der Waals surface area (Å²) in [5.74, 6) is 0.0702. The molecule has 2 nitrogen and oxygen atoms in total. The summed E-state index contributed by atoms with van der Waals surface area (Å²) in [5, 5.41) is 0.936. The molecule has 19 heavy (non-hydrogen) atoms. The number of rotatable bonds is 1. The maximum atomic E-state index is 14.2. The Kier molecular flexibility index (Phi) is 3.35. The summed E-state index contributed by atoms with van der Waals surface area (Å²) in [4.78, 5) is 4.69. The highest BCUT2D eigenvalue weighted by molar-refractivity contribution is 8.13. The van der Waals surface area contributed by atoms with Crippen LogP contribution in [0.25, 0.3) is 0 Å². The number of fused-ring (bicyclic) bond motifs is 1. The van der Waals surface area contributed by atoms with Gasteiger partial charge in [-0.15, -0.1) is 11.8 Å². The number of hydrogen-bond acceptors (Lipinski definition) is 3. The topological polar surface area (TPSA) is 21.6 Å². The van der Waals surface area contributed by atoms with Crippen LogP contribution in [0.1, 0.15) is 18.9 Å². The van der Waals surface area contributed by atoms with Gasteiger partial charge in [0.2, 0.25) is 0 Å². The van der Waals surface area contributed by atoms with Gasteiger partial charge in [-0.05, 0) is 19.4 Å². The molecule has 5 heteroatoms. The van der Waals surface area contributed by atoms with Crippen LogP contribution in [0, 0.1) is 17.6 Å². The average molecular weight is 283 g/mol. The minimum absolute atomic E-state index is 0.245. The fourth-order valence-corrected chi connectivity index (χ4v) is 4.00. The fourth-order valence-electron chi connectivity index (χ4n) is 2.89. The molecule has 2 atom stereocenters. The van der Waals surface area contributed by atoms with Gasteiger partial charge in [-0.1, -0.05) is 6.07 Å². The minimum atomic E-state index is -0.675. The number of nitrogens with zero attached hydrogens (tertiary/aromatic N) is 1. The van der Waals surface area contributed by atoms with Crippen LogP contribution in [0.5, 0.6) is 0 Å². The van der Waals surface area contributed by atoms with Gasteiger partial charge in [-0.2, -0.15) is 0 Å². The van der Waals surface area contributed by atoms with E-state index in [4.69, 9.17) is 4.74 Å². The maximum absolute atomic E-state index is 14.2. The first-order valence-electron chi connectivity index (χ1n) is 6.34. The molecule has 0 N–H and O–H groups in total.